The number of hydrogen-bond acceptors (Lipinski definition) is 5. The maximum atomic E-state index is 13.6. The second-order valence-electron chi connectivity index (χ2n) is 7.05. The van der Waals surface area contributed by atoms with Gasteiger partial charge in [0.1, 0.15) is 16.5 Å². The van der Waals surface area contributed by atoms with Gasteiger partial charge in [-0.2, -0.15) is 4.31 Å². The molecule has 3 aromatic rings. The van der Waals surface area contributed by atoms with Crippen molar-refractivity contribution in [3.8, 4) is 5.75 Å². The van der Waals surface area contributed by atoms with Crippen molar-refractivity contribution >= 4 is 32.5 Å². The lowest BCUT2D eigenvalue weighted by Crippen LogP contribution is -2.41. The molecule has 2 heterocycles. The highest BCUT2D eigenvalue weighted by Gasteiger charge is 2.32. The van der Waals surface area contributed by atoms with E-state index in [4.69, 9.17) is 16.3 Å². The van der Waals surface area contributed by atoms with Crippen LogP contribution >= 0.6 is 11.6 Å². The van der Waals surface area contributed by atoms with Gasteiger partial charge in [-0.05, 0) is 49.2 Å². The van der Waals surface area contributed by atoms with Crippen molar-refractivity contribution in [2.24, 2.45) is 0 Å². The topological polar surface area (TPSA) is 81.5 Å². The molecule has 30 heavy (non-hydrogen) atoms. The van der Waals surface area contributed by atoms with E-state index in [9.17, 15) is 17.6 Å². The lowest BCUT2D eigenvalue weighted by molar-refractivity contribution is 0.269. The van der Waals surface area contributed by atoms with Gasteiger partial charge in [-0.25, -0.2) is 17.8 Å². The summed E-state index contributed by atoms with van der Waals surface area (Å²) >= 11 is 5.99. The lowest BCUT2D eigenvalue weighted by Gasteiger charge is -2.32. The number of piperidine rings is 1. The molecule has 1 aliphatic heterocycles. The Morgan fingerprint density at radius 1 is 1.17 bits per heavy atom. The molecule has 2 aromatic carbocycles. The van der Waals surface area contributed by atoms with E-state index in [1.165, 1.54) is 52.6 Å². The predicted octanol–water partition coefficient (Wildman–Crippen LogP) is 3.22. The van der Waals surface area contributed by atoms with Gasteiger partial charge in [0.25, 0.3) is 5.56 Å². The van der Waals surface area contributed by atoms with Crippen LogP contribution in [-0.4, -0.2) is 42.5 Å². The molecule has 7 nitrogen and oxygen atoms in total. The highest BCUT2D eigenvalue weighted by Crippen LogP contribution is 2.32. The van der Waals surface area contributed by atoms with Gasteiger partial charge in [0.15, 0.2) is 0 Å². The molecule has 1 fully saturated rings. The molecule has 1 aliphatic rings. The summed E-state index contributed by atoms with van der Waals surface area (Å²) in [6.07, 6.45) is 2.28. The number of fused-ring (bicyclic) bond motifs is 1. The first-order chi connectivity index (χ1) is 14.3. The van der Waals surface area contributed by atoms with Crippen LogP contribution < -0.4 is 10.3 Å². The molecule has 0 N–H and O–H groups in total. The molecule has 0 radical (unpaired) electrons. The van der Waals surface area contributed by atoms with E-state index in [0.717, 1.165) is 0 Å². The molecule has 0 amide bonds. The van der Waals surface area contributed by atoms with Gasteiger partial charge < -0.3 is 4.74 Å². The number of rotatable bonds is 4. The Balaban J connectivity index is 1.59. The minimum atomic E-state index is -3.81. The number of aromatic nitrogens is 2. The minimum Gasteiger partial charge on any atom is -0.495 e. The number of halogens is 2. The Labute approximate surface area is 177 Å². The van der Waals surface area contributed by atoms with Crippen LogP contribution in [0.25, 0.3) is 10.9 Å². The van der Waals surface area contributed by atoms with Crippen molar-refractivity contribution in [1.82, 2.24) is 13.9 Å². The molecule has 4 rings (SSSR count). The van der Waals surface area contributed by atoms with Crippen LogP contribution in [0.2, 0.25) is 5.02 Å². The smallest absolute Gasteiger partial charge is 0.261 e. The second-order valence-corrected chi connectivity index (χ2v) is 9.39. The predicted molar refractivity (Wildman–Crippen MR) is 111 cm³/mol. The highest BCUT2D eigenvalue weighted by molar-refractivity contribution is 7.89. The average Bonchev–Trinajstić information content (AvgIpc) is 2.74. The van der Waals surface area contributed by atoms with Crippen LogP contribution in [-0.2, 0) is 10.0 Å². The van der Waals surface area contributed by atoms with Gasteiger partial charge in [0.05, 0.1) is 24.3 Å². The molecule has 1 aromatic heterocycles. The summed E-state index contributed by atoms with van der Waals surface area (Å²) in [6.45, 7) is 0.437. The Morgan fingerprint density at radius 2 is 1.90 bits per heavy atom. The molecule has 1 saturated heterocycles. The second kappa shape index (κ2) is 7.98. The zero-order valence-electron chi connectivity index (χ0n) is 16.1. The molecule has 0 aliphatic carbocycles. The van der Waals surface area contributed by atoms with E-state index in [1.54, 1.807) is 6.07 Å². The van der Waals surface area contributed by atoms with Crippen molar-refractivity contribution in [2.45, 2.75) is 23.8 Å². The molecular weight excluding hydrogens is 433 g/mol. The third-order valence-corrected chi connectivity index (χ3v) is 7.46. The van der Waals surface area contributed by atoms with Crippen molar-refractivity contribution in [1.29, 1.82) is 0 Å². The third kappa shape index (κ3) is 3.68. The van der Waals surface area contributed by atoms with E-state index >= 15 is 0 Å². The SMILES string of the molecule is COc1ccc(Cl)cc1S(=O)(=O)N1CCC(n2cnc3ccc(F)cc3c2=O)CC1. The Bertz CT molecular complexity index is 1270. The molecule has 0 unspecified atom stereocenters. The van der Waals surface area contributed by atoms with Crippen molar-refractivity contribution in [2.75, 3.05) is 20.2 Å². The van der Waals surface area contributed by atoms with Gasteiger partial charge in [0.2, 0.25) is 10.0 Å². The number of ether oxygens (including phenoxy) is 1. The fourth-order valence-electron chi connectivity index (χ4n) is 3.72. The Hall–Kier alpha value is -2.49. The maximum absolute atomic E-state index is 13.6. The van der Waals surface area contributed by atoms with E-state index in [2.05, 4.69) is 4.98 Å². The minimum absolute atomic E-state index is 0.0102. The number of nitrogens with zero attached hydrogens (tertiary/aromatic N) is 3. The molecule has 0 saturated carbocycles. The van der Waals surface area contributed by atoms with Gasteiger partial charge in [-0.3, -0.25) is 9.36 Å². The van der Waals surface area contributed by atoms with Crippen LogP contribution in [0, 0.1) is 5.82 Å². The summed E-state index contributed by atoms with van der Waals surface area (Å²) in [5.41, 5.74) is 0.0861. The van der Waals surface area contributed by atoms with E-state index in [1.807, 2.05) is 0 Å². The fourth-order valence-corrected chi connectivity index (χ4v) is 5.61. The number of hydrogen-bond donors (Lipinski definition) is 0. The molecule has 10 heteroatoms. The Kier molecular flexibility index (Phi) is 5.52. The summed E-state index contributed by atoms with van der Waals surface area (Å²) < 4.78 is 47.8. The quantitative estimate of drug-likeness (QED) is 0.608. The normalized spacial score (nSPS) is 16.1. The number of benzene rings is 2. The zero-order valence-corrected chi connectivity index (χ0v) is 17.7. The Morgan fingerprint density at radius 3 is 2.60 bits per heavy atom. The molecule has 0 spiro atoms. The number of methoxy groups -OCH3 is 1. The zero-order chi connectivity index (χ0) is 21.5. The fraction of sp³-hybridized carbons (Fsp3) is 0.300. The van der Waals surface area contributed by atoms with Crippen LogP contribution in [0.15, 0.2) is 52.4 Å². The molecular formula is C20H19ClFN3O4S. The average molecular weight is 452 g/mol. The molecule has 0 bridgehead atoms. The number of sulfonamides is 1. The summed E-state index contributed by atoms with van der Waals surface area (Å²) in [7, 11) is -2.41. The van der Waals surface area contributed by atoms with E-state index < -0.39 is 15.8 Å². The lowest BCUT2D eigenvalue weighted by atomic mass is 10.1. The first-order valence-electron chi connectivity index (χ1n) is 9.31. The van der Waals surface area contributed by atoms with Crippen molar-refractivity contribution in [3.05, 3.63) is 63.9 Å². The summed E-state index contributed by atoms with van der Waals surface area (Å²) in [6, 6.07) is 8.11. The van der Waals surface area contributed by atoms with E-state index in [-0.39, 0.29) is 40.7 Å². The summed E-state index contributed by atoms with van der Waals surface area (Å²) in [4.78, 5) is 17.0. The van der Waals surface area contributed by atoms with Crippen LogP contribution in [0.4, 0.5) is 4.39 Å². The first-order valence-corrected chi connectivity index (χ1v) is 11.1. The maximum Gasteiger partial charge on any atom is 0.261 e. The monoisotopic (exact) mass is 451 g/mol. The van der Waals surface area contributed by atoms with Crippen molar-refractivity contribution in [3.63, 3.8) is 0 Å². The van der Waals surface area contributed by atoms with Gasteiger partial charge in [-0.15, -0.1) is 0 Å². The van der Waals surface area contributed by atoms with Crippen LogP contribution in [0.5, 0.6) is 5.75 Å². The standard InChI is InChI=1S/C20H19ClFN3O4S/c1-29-18-5-2-13(21)10-19(18)30(27,28)24-8-6-15(7-9-24)25-12-23-17-4-3-14(22)11-16(17)20(25)26/h2-5,10-12,15H,6-9H2,1H3. The van der Waals surface area contributed by atoms with Gasteiger partial charge >= 0.3 is 0 Å². The van der Waals surface area contributed by atoms with Gasteiger partial charge in [0, 0.05) is 24.2 Å². The summed E-state index contributed by atoms with van der Waals surface area (Å²) in [5.74, 6) is -0.283. The third-order valence-electron chi connectivity index (χ3n) is 5.31. The van der Waals surface area contributed by atoms with Crippen LogP contribution in [0.3, 0.4) is 0 Å². The first kappa shape index (κ1) is 20.8. The van der Waals surface area contributed by atoms with Crippen LogP contribution in [0.1, 0.15) is 18.9 Å². The van der Waals surface area contributed by atoms with Gasteiger partial charge in [-0.1, -0.05) is 11.6 Å². The largest absolute Gasteiger partial charge is 0.495 e. The summed E-state index contributed by atoms with van der Waals surface area (Å²) in [5, 5.41) is 0.501. The van der Waals surface area contributed by atoms with E-state index in [0.29, 0.717) is 23.4 Å². The van der Waals surface area contributed by atoms with Crippen molar-refractivity contribution < 1.29 is 17.5 Å². The highest BCUT2D eigenvalue weighted by atomic mass is 35.5. The molecule has 0 atom stereocenters. The molecule has 158 valence electrons.